The van der Waals surface area contributed by atoms with Gasteiger partial charge < -0.3 is 89.9 Å². The lowest BCUT2D eigenvalue weighted by Crippen LogP contribution is -2.66. The van der Waals surface area contributed by atoms with Crippen molar-refractivity contribution in [2.75, 3.05) is 26.4 Å². The molecule has 0 aromatic rings. The first-order chi connectivity index (χ1) is 39.8. The number of aliphatic hydroxyl groups excluding tert-OH is 11. The van der Waals surface area contributed by atoms with Gasteiger partial charge in [-0.2, -0.15) is 0 Å². The molecule has 3 heterocycles. The van der Waals surface area contributed by atoms with Crippen molar-refractivity contribution in [1.29, 1.82) is 0 Å². The number of allylic oxidation sites excluding steroid dienone is 2. The Kier molecular flexibility index (Phi) is 42.5. The second kappa shape index (κ2) is 46.7. The molecule has 3 saturated heterocycles. The number of amides is 1. The zero-order valence-electron chi connectivity index (χ0n) is 50.7. The number of hydrogen-bond donors (Lipinski definition) is 12. The van der Waals surface area contributed by atoms with Gasteiger partial charge in [0.05, 0.1) is 38.6 Å². The Bertz CT molecular complexity index is 1550. The molecule has 484 valence electrons. The molecule has 0 saturated carbocycles. The third kappa shape index (κ3) is 29.5. The highest BCUT2D eigenvalue weighted by atomic mass is 16.8. The van der Waals surface area contributed by atoms with Crippen LogP contribution in [0.2, 0.25) is 0 Å². The van der Waals surface area contributed by atoms with Gasteiger partial charge in [-0.05, 0) is 38.5 Å². The fourth-order valence-corrected chi connectivity index (χ4v) is 11.4. The molecule has 0 aliphatic carbocycles. The van der Waals surface area contributed by atoms with Gasteiger partial charge >= 0.3 is 0 Å². The molecule has 12 N–H and O–H groups in total. The van der Waals surface area contributed by atoms with Crippen LogP contribution < -0.4 is 5.32 Å². The topological polar surface area (TPSA) is 307 Å². The maximum atomic E-state index is 13.4. The minimum Gasteiger partial charge on any atom is -0.394 e. The summed E-state index contributed by atoms with van der Waals surface area (Å²) >= 11 is 0. The van der Waals surface area contributed by atoms with Gasteiger partial charge in [0, 0.05) is 6.42 Å². The minimum absolute atomic E-state index is 0.242. The second-order valence-electron chi connectivity index (χ2n) is 23.9. The molecule has 0 bridgehead atoms. The van der Waals surface area contributed by atoms with E-state index in [9.17, 15) is 61.0 Å². The van der Waals surface area contributed by atoms with Crippen LogP contribution >= 0.6 is 0 Å². The molecule has 19 heteroatoms. The fraction of sp³-hybridized carbons (Fsp3) is 0.952. The van der Waals surface area contributed by atoms with E-state index in [4.69, 9.17) is 28.4 Å². The monoisotopic (exact) mass is 1180 g/mol. The van der Waals surface area contributed by atoms with Crippen molar-refractivity contribution in [3.8, 4) is 0 Å². The van der Waals surface area contributed by atoms with Gasteiger partial charge in [0.1, 0.15) is 73.2 Å². The van der Waals surface area contributed by atoms with Crippen molar-refractivity contribution < 1.29 is 89.4 Å². The van der Waals surface area contributed by atoms with Gasteiger partial charge in [-0.25, -0.2) is 0 Å². The average Bonchev–Trinajstić information content (AvgIpc) is 3.40. The van der Waals surface area contributed by atoms with E-state index in [1.807, 2.05) is 0 Å². The SMILES string of the molecule is CCCCCCCCCC/C=C\CCCCCCCCCCCC(=O)NC(COC1OC(CO)C(OC2OC(CO)C(OC3OC(CO)C(O)C(O)C3O)C(O)C2O)C(O)C1O)C(O)CCCCCCCCCCCCCCCCCC. The molecule has 17 unspecified atom stereocenters. The van der Waals surface area contributed by atoms with Crippen LogP contribution in [-0.2, 0) is 33.2 Å². The van der Waals surface area contributed by atoms with E-state index in [-0.39, 0.29) is 18.9 Å². The number of carbonyl (C=O) groups excluding carboxylic acids is 1. The van der Waals surface area contributed by atoms with Crippen LogP contribution in [-0.4, -0.2) is 193 Å². The average molecular weight is 1180 g/mol. The predicted octanol–water partition coefficient (Wildman–Crippen LogP) is 7.33. The van der Waals surface area contributed by atoms with Crippen molar-refractivity contribution in [3.05, 3.63) is 12.2 Å². The summed E-state index contributed by atoms with van der Waals surface area (Å²) in [6.45, 7) is 1.81. The maximum Gasteiger partial charge on any atom is 0.220 e. The highest BCUT2D eigenvalue weighted by Gasteiger charge is 2.53. The zero-order valence-corrected chi connectivity index (χ0v) is 50.7. The fourth-order valence-electron chi connectivity index (χ4n) is 11.4. The molecule has 0 aromatic carbocycles. The first kappa shape index (κ1) is 74.8. The Labute approximate surface area is 493 Å². The van der Waals surface area contributed by atoms with Crippen LogP contribution in [0.4, 0.5) is 0 Å². The number of nitrogens with one attached hydrogen (secondary N) is 1. The van der Waals surface area contributed by atoms with Crippen LogP contribution in [0.15, 0.2) is 12.2 Å². The first-order valence-corrected chi connectivity index (χ1v) is 32.9. The molecule has 19 nitrogen and oxygen atoms in total. The summed E-state index contributed by atoms with van der Waals surface area (Å²) in [5.41, 5.74) is 0. The van der Waals surface area contributed by atoms with E-state index >= 15 is 0 Å². The number of unbranched alkanes of at least 4 members (excludes halogenated alkanes) is 32. The lowest BCUT2D eigenvalue weighted by atomic mass is 9.96. The lowest BCUT2D eigenvalue weighted by molar-refractivity contribution is -0.379. The van der Waals surface area contributed by atoms with Crippen molar-refractivity contribution in [1.82, 2.24) is 5.32 Å². The highest BCUT2D eigenvalue weighted by Crippen LogP contribution is 2.33. The molecule has 0 radical (unpaired) electrons. The molecule has 0 aromatic heterocycles. The highest BCUT2D eigenvalue weighted by molar-refractivity contribution is 5.76. The van der Waals surface area contributed by atoms with Crippen LogP contribution in [0.25, 0.3) is 0 Å². The van der Waals surface area contributed by atoms with Crippen LogP contribution in [0.1, 0.15) is 251 Å². The van der Waals surface area contributed by atoms with Crippen LogP contribution in [0, 0.1) is 0 Å². The number of carbonyl (C=O) groups is 1. The Balaban J connectivity index is 1.46. The molecule has 3 fully saturated rings. The largest absolute Gasteiger partial charge is 0.394 e. The van der Waals surface area contributed by atoms with Crippen LogP contribution in [0.3, 0.4) is 0 Å². The summed E-state index contributed by atoms with van der Waals surface area (Å²) < 4.78 is 34.4. The molecule has 1 amide bonds. The van der Waals surface area contributed by atoms with Gasteiger partial charge in [0.2, 0.25) is 5.91 Å². The molecule has 3 rings (SSSR count). The molecular formula is C63H119NO18. The van der Waals surface area contributed by atoms with E-state index < -0.39 is 124 Å². The Hall–Kier alpha value is -1.47. The summed E-state index contributed by atoms with van der Waals surface area (Å²) in [5, 5.41) is 120. The van der Waals surface area contributed by atoms with Crippen molar-refractivity contribution in [2.45, 2.75) is 356 Å². The first-order valence-electron chi connectivity index (χ1n) is 32.9. The van der Waals surface area contributed by atoms with Gasteiger partial charge in [0.25, 0.3) is 0 Å². The summed E-state index contributed by atoms with van der Waals surface area (Å²) in [4.78, 5) is 13.4. The minimum atomic E-state index is -1.97. The zero-order chi connectivity index (χ0) is 59.7. The molecule has 0 spiro atoms. The molecule has 17 atom stereocenters. The molecular weight excluding hydrogens is 1060 g/mol. The van der Waals surface area contributed by atoms with E-state index in [0.717, 1.165) is 51.4 Å². The smallest absolute Gasteiger partial charge is 0.220 e. The molecule has 3 aliphatic heterocycles. The van der Waals surface area contributed by atoms with Gasteiger partial charge in [0.15, 0.2) is 18.9 Å². The number of rotatable bonds is 50. The van der Waals surface area contributed by atoms with Gasteiger partial charge in [-0.15, -0.1) is 0 Å². The summed E-state index contributed by atoms with van der Waals surface area (Å²) in [7, 11) is 0. The van der Waals surface area contributed by atoms with Crippen molar-refractivity contribution >= 4 is 5.91 Å². The third-order valence-corrected chi connectivity index (χ3v) is 16.8. The molecule has 82 heavy (non-hydrogen) atoms. The van der Waals surface area contributed by atoms with E-state index in [0.29, 0.717) is 12.8 Å². The number of aliphatic hydroxyl groups is 11. The number of hydrogen-bond acceptors (Lipinski definition) is 18. The van der Waals surface area contributed by atoms with E-state index in [1.165, 1.54) is 167 Å². The van der Waals surface area contributed by atoms with Gasteiger partial charge in [-0.1, -0.05) is 219 Å². The predicted molar refractivity (Wildman–Crippen MR) is 314 cm³/mol. The van der Waals surface area contributed by atoms with Crippen molar-refractivity contribution in [2.24, 2.45) is 0 Å². The van der Waals surface area contributed by atoms with E-state index in [2.05, 4.69) is 31.3 Å². The van der Waals surface area contributed by atoms with Crippen molar-refractivity contribution in [3.63, 3.8) is 0 Å². The standard InChI is InChI=1S/C63H119NO18/c1-3-5-7-9-11-13-15-17-19-21-22-23-24-25-27-29-31-33-35-37-39-41-51(69)64-46(47(68)40-38-36-34-32-30-28-26-20-18-16-14-12-10-8-6-4-2)45-77-61-57(75)54(72)59(49(43-66)79-61)82-63-58(76)55(73)60(50(44-67)80-63)81-62-56(74)53(71)52(70)48(42-65)78-62/h21-22,46-50,52-63,65-68,70-76H,3-20,23-45H2,1-2H3,(H,64,69)/b22-21-. The van der Waals surface area contributed by atoms with Crippen LogP contribution in [0.5, 0.6) is 0 Å². The summed E-state index contributed by atoms with van der Waals surface area (Å²) in [6.07, 6.45) is 21.4. The Morgan fingerprint density at radius 2 is 0.768 bits per heavy atom. The number of ether oxygens (including phenoxy) is 6. The maximum absolute atomic E-state index is 13.4. The quantitative estimate of drug-likeness (QED) is 0.0210. The Morgan fingerprint density at radius 3 is 1.18 bits per heavy atom. The Morgan fingerprint density at radius 1 is 0.427 bits per heavy atom. The summed E-state index contributed by atoms with van der Waals surface area (Å²) in [5.74, 6) is -0.242. The summed E-state index contributed by atoms with van der Waals surface area (Å²) in [6, 6.07) is -0.885. The third-order valence-electron chi connectivity index (χ3n) is 16.8. The second-order valence-corrected chi connectivity index (χ2v) is 23.9. The normalized spacial score (nSPS) is 29.6. The van der Waals surface area contributed by atoms with Gasteiger partial charge in [-0.3, -0.25) is 4.79 Å². The molecule has 3 aliphatic rings. The lowest BCUT2D eigenvalue weighted by Gasteiger charge is -2.48. The van der Waals surface area contributed by atoms with E-state index in [1.54, 1.807) is 0 Å².